The molecule has 1 aliphatic heterocycles. The Morgan fingerprint density at radius 1 is 1.47 bits per heavy atom. The Balaban J connectivity index is 2.01. The van der Waals surface area contributed by atoms with Gasteiger partial charge in [-0.15, -0.1) is 0 Å². The van der Waals surface area contributed by atoms with Crippen molar-refractivity contribution in [2.75, 3.05) is 18.0 Å². The number of nitrogens with zero attached hydrogens (tertiary/aromatic N) is 3. The molecule has 6 heteroatoms. The number of primary amides is 1. The summed E-state index contributed by atoms with van der Waals surface area (Å²) in [5, 5.41) is 0.487. The summed E-state index contributed by atoms with van der Waals surface area (Å²) in [6.45, 7) is 3.78. The van der Waals surface area contributed by atoms with Crippen molar-refractivity contribution in [2.45, 2.75) is 32.6 Å². The highest BCUT2D eigenvalue weighted by molar-refractivity contribution is 6.29. The SMILES string of the molecule is CCc1nc(Cl)cc(N2CCC(CC(N)=O)CC2)n1. The standard InChI is InChI=1S/C13H19ClN4O/c1-2-12-16-10(14)8-13(17-12)18-5-3-9(4-6-18)7-11(15)19/h8-9H,2-7H2,1H3,(H2,15,19). The molecular weight excluding hydrogens is 264 g/mol. The molecule has 0 bridgehead atoms. The van der Waals surface area contributed by atoms with Crippen LogP contribution in [0.1, 0.15) is 32.0 Å². The molecule has 1 amide bonds. The first kappa shape index (κ1) is 14.1. The third kappa shape index (κ3) is 3.80. The van der Waals surface area contributed by atoms with Crippen LogP contribution in [0.5, 0.6) is 0 Å². The van der Waals surface area contributed by atoms with E-state index >= 15 is 0 Å². The first-order valence-corrected chi connectivity index (χ1v) is 7.03. The molecule has 19 heavy (non-hydrogen) atoms. The van der Waals surface area contributed by atoms with Gasteiger partial charge in [-0.3, -0.25) is 4.79 Å². The number of carbonyl (C=O) groups excluding carboxylic acids is 1. The van der Waals surface area contributed by atoms with Crippen LogP contribution in [0, 0.1) is 5.92 Å². The van der Waals surface area contributed by atoms with Gasteiger partial charge < -0.3 is 10.6 Å². The van der Waals surface area contributed by atoms with Gasteiger partial charge in [0.25, 0.3) is 0 Å². The number of carbonyl (C=O) groups is 1. The van der Waals surface area contributed by atoms with E-state index in [0.29, 0.717) is 17.5 Å². The molecule has 5 nitrogen and oxygen atoms in total. The van der Waals surface area contributed by atoms with Crippen LogP contribution in [-0.4, -0.2) is 29.0 Å². The molecule has 0 aliphatic carbocycles. The van der Waals surface area contributed by atoms with Gasteiger partial charge >= 0.3 is 0 Å². The minimum absolute atomic E-state index is 0.211. The van der Waals surface area contributed by atoms with Gasteiger partial charge in [0.1, 0.15) is 16.8 Å². The molecule has 0 aromatic carbocycles. The van der Waals surface area contributed by atoms with Crippen molar-refractivity contribution in [1.29, 1.82) is 0 Å². The molecule has 2 rings (SSSR count). The number of nitrogens with two attached hydrogens (primary N) is 1. The zero-order valence-electron chi connectivity index (χ0n) is 11.1. The Kier molecular flexibility index (Phi) is 4.58. The largest absolute Gasteiger partial charge is 0.370 e. The van der Waals surface area contributed by atoms with Crippen molar-refractivity contribution in [3.05, 3.63) is 17.0 Å². The number of anilines is 1. The lowest BCUT2D eigenvalue weighted by Crippen LogP contribution is -2.35. The Labute approximate surface area is 118 Å². The first-order valence-electron chi connectivity index (χ1n) is 6.65. The van der Waals surface area contributed by atoms with Gasteiger partial charge in [0.2, 0.25) is 5.91 Å². The zero-order chi connectivity index (χ0) is 13.8. The Morgan fingerprint density at radius 3 is 2.74 bits per heavy atom. The van der Waals surface area contributed by atoms with Gasteiger partial charge in [-0.05, 0) is 18.8 Å². The monoisotopic (exact) mass is 282 g/mol. The van der Waals surface area contributed by atoms with Gasteiger partial charge in [-0.1, -0.05) is 18.5 Å². The number of piperidine rings is 1. The quantitative estimate of drug-likeness (QED) is 0.855. The summed E-state index contributed by atoms with van der Waals surface area (Å²) in [7, 11) is 0. The fraction of sp³-hybridized carbons (Fsp3) is 0.615. The molecule has 1 aromatic heterocycles. The third-order valence-corrected chi connectivity index (χ3v) is 3.67. The summed E-state index contributed by atoms with van der Waals surface area (Å²) < 4.78 is 0. The minimum atomic E-state index is -0.211. The van der Waals surface area contributed by atoms with Gasteiger partial charge in [0.15, 0.2) is 0 Å². The molecule has 2 N–H and O–H groups in total. The second kappa shape index (κ2) is 6.19. The van der Waals surface area contributed by atoms with E-state index in [4.69, 9.17) is 17.3 Å². The molecule has 1 aliphatic rings. The lowest BCUT2D eigenvalue weighted by Gasteiger charge is -2.32. The average Bonchev–Trinajstić information content (AvgIpc) is 2.38. The van der Waals surface area contributed by atoms with E-state index in [1.165, 1.54) is 0 Å². The van der Waals surface area contributed by atoms with Crippen molar-refractivity contribution in [3.63, 3.8) is 0 Å². The Bertz CT molecular complexity index is 458. The van der Waals surface area contributed by atoms with Crippen LogP contribution in [0.4, 0.5) is 5.82 Å². The molecule has 104 valence electrons. The van der Waals surface area contributed by atoms with E-state index in [-0.39, 0.29) is 5.91 Å². The number of hydrogen-bond acceptors (Lipinski definition) is 4. The molecule has 0 spiro atoms. The van der Waals surface area contributed by atoms with Gasteiger partial charge in [-0.25, -0.2) is 9.97 Å². The van der Waals surface area contributed by atoms with Crippen molar-refractivity contribution in [2.24, 2.45) is 11.7 Å². The van der Waals surface area contributed by atoms with E-state index in [1.54, 1.807) is 6.07 Å². The summed E-state index contributed by atoms with van der Waals surface area (Å²) >= 11 is 6.01. The predicted molar refractivity (Wildman–Crippen MR) is 75.2 cm³/mol. The maximum Gasteiger partial charge on any atom is 0.217 e. The lowest BCUT2D eigenvalue weighted by molar-refractivity contribution is -0.119. The Hall–Kier alpha value is -1.36. The molecule has 0 radical (unpaired) electrons. The van der Waals surface area contributed by atoms with Gasteiger partial charge in [0.05, 0.1) is 0 Å². The van der Waals surface area contributed by atoms with E-state index in [0.717, 1.165) is 44.0 Å². The van der Waals surface area contributed by atoms with Crippen LogP contribution in [0.25, 0.3) is 0 Å². The highest BCUT2D eigenvalue weighted by Crippen LogP contribution is 2.25. The van der Waals surface area contributed by atoms with E-state index < -0.39 is 0 Å². The number of hydrogen-bond donors (Lipinski definition) is 1. The van der Waals surface area contributed by atoms with Crippen molar-refractivity contribution < 1.29 is 4.79 Å². The van der Waals surface area contributed by atoms with E-state index in [1.807, 2.05) is 6.92 Å². The fourth-order valence-corrected chi connectivity index (χ4v) is 2.62. The summed E-state index contributed by atoms with van der Waals surface area (Å²) in [5.74, 6) is 1.84. The molecule has 1 saturated heterocycles. The molecule has 0 unspecified atom stereocenters. The first-order chi connectivity index (χ1) is 9.08. The maximum absolute atomic E-state index is 10.9. The molecule has 2 heterocycles. The van der Waals surface area contributed by atoms with Crippen molar-refractivity contribution >= 4 is 23.3 Å². The molecular formula is C13H19ClN4O. The van der Waals surface area contributed by atoms with Gasteiger partial charge in [0, 0.05) is 32.0 Å². The van der Waals surface area contributed by atoms with Crippen LogP contribution in [0.3, 0.4) is 0 Å². The minimum Gasteiger partial charge on any atom is -0.370 e. The van der Waals surface area contributed by atoms with Crippen LogP contribution < -0.4 is 10.6 Å². The fourth-order valence-electron chi connectivity index (χ4n) is 2.42. The Morgan fingerprint density at radius 2 is 2.16 bits per heavy atom. The smallest absolute Gasteiger partial charge is 0.217 e. The number of halogens is 1. The van der Waals surface area contributed by atoms with E-state index in [9.17, 15) is 4.79 Å². The highest BCUT2D eigenvalue weighted by Gasteiger charge is 2.22. The number of aryl methyl sites for hydroxylation is 1. The van der Waals surface area contributed by atoms with Crippen LogP contribution in [0.15, 0.2) is 6.07 Å². The second-order valence-electron chi connectivity index (χ2n) is 4.92. The normalized spacial score (nSPS) is 16.6. The lowest BCUT2D eigenvalue weighted by atomic mass is 9.93. The second-order valence-corrected chi connectivity index (χ2v) is 5.31. The predicted octanol–water partition coefficient (Wildman–Crippen LogP) is 1.78. The van der Waals surface area contributed by atoms with Gasteiger partial charge in [-0.2, -0.15) is 0 Å². The van der Waals surface area contributed by atoms with Crippen LogP contribution in [0.2, 0.25) is 5.15 Å². The van der Waals surface area contributed by atoms with Crippen molar-refractivity contribution in [3.8, 4) is 0 Å². The molecule has 0 atom stereocenters. The summed E-state index contributed by atoms with van der Waals surface area (Å²) in [5.41, 5.74) is 5.24. The summed E-state index contributed by atoms with van der Waals surface area (Å²) in [4.78, 5) is 21.8. The summed E-state index contributed by atoms with van der Waals surface area (Å²) in [6, 6.07) is 1.80. The topological polar surface area (TPSA) is 72.1 Å². The molecule has 1 aromatic rings. The van der Waals surface area contributed by atoms with Crippen LogP contribution in [-0.2, 0) is 11.2 Å². The van der Waals surface area contributed by atoms with Crippen molar-refractivity contribution in [1.82, 2.24) is 9.97 Å². The average molecular weight is 283 g/mol. The highest BCUT2D eigenvalue weighted by atomic mass is 35.5. The third-order valence-electron chi connectivity index (χ3n) is 3.47. The summed E-state index contributed by atoms with van der Waals surface area (Å²) in [6.07, 6.45) is 3.18. The zero-order valence-corrected chi connectivity index (χ0v) is 11.9. The maximum atomic E-state index is 10.9. The van der Waals surface area contributed by atoms with Crippen LogP contribution >= 0.6 is 11.6 Å². The number of amides is 1. The number of rotatable bonds is 4. The molecule has 1 fully saturated rings. The van der Waals surface area contributed by atoms with E-state index in [2.05, 4.69) is 14.9 Å². The molecule has 0 saturated carbocycles. The number of aromatic nitrogens is 2.